The van der Waals surface area contributed by atoms with Crippen molar-refractivity contribution in [1.82, 2.24) is 29.1 Å². The maximum absolute atomic E-state index is 13.1. The molecule has 0 aliphatic rings. The fourth-order valence-corrected chi connectivity index (χ4v) is 3.50. The summed E-state index contributed by atoms with van der Waals surface area (Å²) in [4.78, 5) is 29.3. The molecule has 0 aromatic carbocycles. The van der Waals surface area contributed by atoms with E-state index in [1.807, 2.05) is 0 Å². The Hall–Kier alpha value is -3.47. The number of imidazole rings is 2. The molecule has 0 atom stereocenters. The number of nitrogens with zero attached hydrogens (tertiary/aromatic N) is 6. The van der Waals surface area contributed by atoms with Crippen molar-refractivity contribution < 1.29 is 13.6 Å². The van der Waals surface area contributed by atoms with E-state index in [-0.39, 0.29) is 5.82 Å². The van der Waals surface area contributed by atoms with Gasteiger partial charge in [-0.3, -0.25) is 19.2 Å². The molecule has 0 spiro atoms. The monoisotopic (exact) mass is 401 g/mol. The van der Waals surface area contributed by atoms with Crippen LogP contribution in [0.5, 0.6) is 0 Å². The lowest BCUT2D eigenvalue weighted by Crippen LogP contribution is -2.12. The first-order valence-corrected chi connectivity index (χ1v) is 8.89. The molecule has 0 aliphatic carbocycles. The number of anilines is 1. The Kier molecular flexibility index (Phi) is 4.65. The van der Waals surface area contributed by atoms with E-state index in [1.54, 1.807) is 42.3 Å². The minimum absolute atomic E-state index is 0.108. The summed E-state index contributed by atoms with van der Waals surface area (Å²) in [6.45, 7) is -1.04. The highest BCUT2D eigenvalue weighted by molar-refractivity contribution is 7.19. The van der Waals surface area contributed by atoms with Gasteiger partial charge in [0.05, 0.1) is 16.1 Å². The molecule has 8 nitrogen and oxygen atoms in total. The van der Waals surface area contributed by atoms with E-state index < -0.39 is 12.5 Å². The van der Waals surface area contributed by atoms with Crippen molar-refractivity contribution in [3.8, 4) is 16.5 Å². The number of aromatic nitrogens is 6. The van der Waals surface area contributed by atoms with Gasteiger partial charge in [-0.1, -0.05) is 11.3 Å². The number of amides is 1. The van der Waals surface area contributed by atoms with Crippen LogP contribution in [0.3, 0.4) is 0 Å². The molecule has 1 amide bonds. The lowest BCUT2D eigenvalue weighted by atomic mass is 10.2. The number of nitrogens with one attached hydrogen (secondary N) is 1. The normalized spacial score (nSPS) is 11.1. The fourth-order valence-electron chi connectivity index (χ4n) is 2.54. The number of thiazole rings is 1. The number of rotatable bonds is 5. The van der Waals surface area contributed by atoms with Crippen molar-refractivity contribution in [2.75, 3.05) is 5.32 Å². The average Bonchev–Trinajstić information content (AvgIpc) is 3.42. The van der Waals surface area contributed by atoms with E-state index in [4.69, 9.17) is 0 Å². The van der Waals surface area contributed by atoms with Gasteiger partial charge in [-0.15, -0.1) is 0 Å². The maximum Gasteiger partial charge on any atom is 0.320 e. The van der Waals surface area contributed by atoms with Crippen molar-refractivity contribution in [1.29, 1.82) is 0 Å². The molecule has 4 aromatic heterocycles. The van der Waals surface area contributed by atoms with Gasteiger partial charge in [0.15, 0.2) is 11.0 Å². The standard InChI is InChI=1S/C17H13F2N7OS/c1-10-13(14-21-5-7-26(14)16(18)19)28-17(23-10)24-15(27)11-2-3-12(22-8-11)25-6-4-20-9-25/h2-9,16H,1H3,(H,23,24,27). The third-order valence-electron chi connectivity index (χ3n) is 3.88. The van der Waals surface area contributed by atoms with Gasteiger partial charge in [0, 0.05) is 31.0 Å². The molecule has 4 heterocycles. The van der Waals surface area contributed by atoms with Crippen molar-refractivity contribution in [3.63, 3.8) is 0 Å². The first-order valence-electron chi connectivity index (χ1n) is 8.07. The van der Waals surface area contributed by atoms with Gasteiger partial charge in [0.1, 0.15) is 12.1 Å². The van der Waals surface area contributed by atoms with Gasteiger partial charge in [0.25, 0.3) is 5.91 Å². The summed E-state index contributed by atoms with van der Waals surface area (Å²) in [5, 5.41) is 2.96. The molecule has 11 heteroatoms. The van der Waals surface area contributed by atoms with Crippen LogP contribution in [-0.4, -0.2) is 35.0 Å². The minimum atomic E-state index is -2.71. The van der Waals surface area contributed by atoms with Gasteiger partial charge in [-0.25, -0.2) is 19.9 Å². The molecule has 0 unspecified atom stereocenters. The molecule has 142 valence electrons. The quantitative estimate of drug-likeness (QED) is 0.552. The number of halogens is 2. The first-order chi connectivity index (χ1) is 13.5. The Balaban J connectivity index is 1.53. The van der Waals surface area contributed by atoms with Crippen LogP contribution in [0, 0.1) is 6.92 Å². The predicted octanol–water partition coefficient (Wildman–Crippen LogP) is 3.54. The number of alkyl halides is 2. The highest BCUT2D eigenvalue weighted by Crippen LogP contribution is 2.33. The number of aryl methyl sites for hydroxylation is 1. The maximum atomic E-state index is 13.1. The van der Waals surface area contributed by atoms with Crippen molar-refractivity contribution >= 4 is 22.4 Å². The van der Waals surface area contributed by atoms with E-state index >= 15 is 0 Å². The smallest absolute Gasteiger partial charge is 0.298 e. The van der Waals surface area contributed by atoms with Crippen molar-refractivity contribution in [3.05, 3.63) is 60.7 Å². The van der Waals surface area contributed by atoms with E-state index in [0.29, 0.717) is 27.1 Å². The van der Waals surface area contributed by atoms with Gasteiger partial charge in [0.2, 0.25) is 0 Å². The molecule has 0 fully saturated rings. The molecular weight excluding hydrogens is 388 g/mol. The Morgan fingerprint density at radius 3 is 2.75 bits per heavy atom. The number of hydrogen-bond donors (Lipinski definition) is 1. The summed E-state index contributed by atoms with van der Waals surface area (Å²) in [5.74, 6) is 0.333. The number of pyridine rings is 1. The molecule has 4 rings (SSSR count). The first kappa shape index (κ1) is 17.9. The zero-order valence-corrected chi connectivity index (χ0v) is 15.3. The van der Waals surface area contributed by atoms with Crippen LogP contribution in [0.2, 0.25) is 0 Å². The summed E-state index contributed by atoms with van der Waals surface area (Å²) in [6, 6.07) is 3.32. The second-order valence-corrected chi connectivity index (χ2v) is 6.70. The summed E-state index contributed by atoms with van der Waals surface area (Å²) in [7, 11) is 0. The number of carbonyl (C=O) groups is 1. The zero-order valence-electron chi connectivity index (χ0n) is 14.5. The Morgan fingerprint density at radius 2 is 2.07 bits per heavy atom. The second-order valence-electron chi connectivity index (χ2n) is 5.70. The topological polar surface area (TPSA) is 90.5 Å². The van der Waals surface area contributed by atoms with E-state index in [1.165, 1.54) is 18.6 Å². The lowest BCUT2D eigenvalue weighted by molar-refractivity contribution is 0.0720. The average molecular weight is 401 g/mol. The van der Waals surface area contributed by atoms with Gasteiger partial charge in [-0.2, -0.15) is 8.78 Å². The van der Waals surface area contributed by atoms with Crippen LogP contribution in [0.25, 0.3) is 16.5 Å². The van der Waals surface area contributed by atoms with E-state index in [9.17, 15) is 13.6 Å². The van der Waals surface area contributed by atoms with Gasteiger partial charge >= 0.3 is 6.55 Å². The molecule has 28 heavy (non-hydrogen) atoms. The minimum Gasteiger partial charge on any atom is -0.298 e. The third kappa shape index (κ3) is 3.39. The van der Waals surface area contributed by atoms with Crippen molar-refractivity contribution in [2.24, 2.45) is 0 Å². The van der Waals surface area contributed by atoms with E-state index in [2.05, 4.69) is 25.3 Å². The predicted molar refractivity (Wildman–Crippen MR) is 98.6 cm³/mol. The Morgan fingerprint density at radius 1 is 1.21 bits per heavy atom. The molecule has 0 radical (unpaired) electrons. The molecule has 0 bridgehead atoms. The highest BCUT2D eigenvalue weighted by atomic mass is 32.1. The summed E-state index contributed by atoms with van der Waals surface area (Å²) >= 11 is 1.08. The number of carbonyl (C=O) groups excluding carboxylic acids is 1. The summed E-state index contributed by atoms with van der Waals surface area (Å²) in [6.07, 6.45) is 8.91. The van der Waals surface area contributed by atoms with Crippen LogP contribution in [0.4, 0.5) is 13.9 Å². The second kappa shape index (κ2) is 7.27. The van der Waals surface area contributed by atoms with Crippen LogP contribution in [-0.2, 0) is 0 Å². The van der Waals surface area contributed by atoms with Gasteiger partial charge < -0.3 is 0 Å². The van der Waals surface area contributed by atoms with Crippen LogP contribution < -0.4 is 5.32 Å². The Bertz CT molecular complexity index is 1100. The molecule has 0 aliphatic heterocycles. The largest absolute Gasteiger partial charge is 0.320 e. The molecule has 0 saturated carbocycles. The molecular formula is C17H13F2N7OS. The highest BCUT2D eigenvalue weighted by Gasteiger charge is 2.19. The lowest BCUT2D eigenvalue weighted by Gasteiger charge is -2.04. The fraction of sp³-hybridized carbons (Fsp3) is 0.118. The van der Waals surface area contributed by atoms with Crippen LogP contribution >= 0.6 is 11.3 Å². The number of hydrogen-bond acceptors (Lipinski definition) is 6. The Labute approximate surface area is 161 Å². The molecule has 0 saturated heterocycles. The summed E-state index contributed by atoms with van der Waals surface area (Å²) in [5.41, 5.74) is 0.842. The zero-order chi connectivity index (χ0) is 19.7. The van der Waals surface area contributed by atoms with Gasteiger partial charge in [-0.05, 0) is 19.1 Å². The van der Waals surface area contributed by atoms with E-state index in [0.717, 1.165) is 15.9 Å². The van der Waals surface area contributed by atoms with Crippen LogP contribution in [0.15, 0.2) is 49.4 Å². The van der Waals surface area contributed by atoms with Crippen molar-refractivity contribution in [2.45, 2.75) is 13.5 Å². The van der Waals surface area contributed by atoms with Crippen LogP contribution in [0.1, 0.15) is 22.6 Å². The summed E-state index contributed by atoms with van der Waals surface area (Å²) < 4.78 is 28.6. The molecule has 4 aromatic rings. The SMILES string of the molecule is Cc1nc(NC(=O)c2ccc(-n3ccnc3)nc2)sc1-c1nccn1C(F)F. The third-order valence-corrected chi connectivity index (χ3v) is 4.95. The molecule has 1 N–H and O–H groups in total.